The van der Waals surface area contributed by atoms with Gasteiger partial charge in [-0.2, -0.15) is 5.10 Å². The monoisotopic (exact) mass is 510 g/mol. The molecule has 0 aromatic heterocycles. The molecular weight excluding hydrogens is 476 g/mol. The molecule has 2 aromatic carbocycles. The Morgan fingerprint density at radius 1 is 1.17 bits per heavy atom. The van der Waals surface area contributed by atoms with Crippen molar-refractivity contribution in [3.63, 3.8) is 0 Å². The Morgan fingerprint density at radius 3 is 2.58 bits per heavy atom. The molecule has 2 atom stereocenters. The van der Waals surface area contributed by atoms with Crippen LogP contribution in [0.3, 0.4) is 0 Å². The van der Waals surface area contributed by atoms with Crippen molar-refractivity contribution in [2.24, 2.45) is 22.7 Å². The van der Waals surface area contributed by atoms with Crippen molar-refractivity contribution in [3.8, 4) is 11.5 Å². The molecule has 192 valence electrons. The number of nitrogens with two attached hydrogens (primary N) is 1. The summed E-state index contributed by atoms with van der Waals surface area (Å²) in [6.07, 6.45) is 0.967. The van der Waals surface area contributed by atoms with Crippen molar-refractivity contribution in [3.05, 3.63) is 53.6 Å². The van der Waals surface area contributed by atoms with Gasteiger partial charge >= 0.3 is 5.24 Å². The summed E-state index contributed by atoms with van der Waals surface area (Å²) in [6.45, 7) is 7.96. The number of nitrogens with zero attached hydrogens (tertiary/aromatic N) is 3. The van der Waals surface area contributed by atoms with Crippen LogP contribution in [0.15, 0.2) is 47.6 Å². The second-order valence-electron chi connectivity index (χ2n) is 9.54. The van der Waals surface area contributed by atoms with Crippen LogP contribution in [-0.4, -0.2) is 53.9 Å². The molecule has 2 aliphatic rings. The van der Waals surface area contributed by atoms with Crippen LogP contribution >= 0.6 is 11.8 Å². The smallest absolute Gasteiger partial charge is 0.302 e. The van der Waals surface area contributed by atoms with Crippen molar-refractivity contribution >= 4 is 34.3 Å². The molecule has 2 N–H and O–H groups in total. The Balaban J connectivity index is 1.46. The van der Waals surface area contributed by atoms with Crippen molar-refractivity contribution in [1.29, 1.82) is 0 Å². The van der Waals surface area contributed by atoms with E-state index in [1.54, 1.807) is 7.11 Å². The Hall–Kier alpha value is -3.20. The molecular formula is C27H34N4O4S. The maximum Gasteiger partial charge on any atom is 0.302 e. The van der Waals surface area contributed by atoms with E-state index in [-0.39, 0.29) is 29.1 Å². The molecule has 0 spiro atoms. The summed E-state index contributed by atoms with van der Waals surface area (Å²) < 4.78 is 11.3. The third-order valence-electron chi connectivity index (χ3n) is 6.66. The van der Waals surface area contributed by atoms with Crippen molar-refractivity contribution in [2.75, 3.05) is 30.9 Å². The lowest BCUT2D eigenvalue weighted by molar-refractivity contribution is -0.122. The number of primary amides is 1. The maximum absolute atomic E-state index is 12.6. The molecule has 2 unspecified atom stereocenters. The van der Waals surface area contributed by atoms with Gasteiger partial charge in [0.2, 0.25) is 5.91 Å². The molecule has 2 aliphatic heterocycles. The molecule has 0 bridgehead atoms. The van der Waals surface area contributed by atoms with Crippen LogP contribution in [0.2, 0.25) is 0 Å². The minimum absolute atomic E-state index is 0.0101. The van der Waals surface area contributed by atoms with Crippen LogP contribution in [0.25, 0.3) is 0 Å². The van der Waals surface area contributed by atoms with Gasteiger partial charge in [-0.1, -0.05) is 30.8 Å². The van der Waals surface area contributed by atoms with Gasteiger partial charge in [0.25, 0.3) is 0 Å². The van der Waals surface area contributed by atoms with E-state index in [0.717, 1.165) is 42.0 Å². The predicted molar refractivity (Wildman–Crippen MR) is 144 cm³/mol. The van der Waals surface area contributed by atoms with Crippen molar-refractivity contribution in [2.45, 2.75) is 39.8 Å². The lowest BCUT2D eigenvalue weighted by Gasteiger charge is -2.24. The first-order chi connectivity index (χ1) is 17.2. The van der Waals surface area contributed by atoms with Gasteiger partial charge in [0.05, 0.1) is 25.5 Å². The summed E-state index contributed by atoms with van der Waals surface area (Å²) in [5.74, 6) is 1.75. The van der Waals surface area contributed by atoms with E-state index in [1.165, 1.54) is 16.8 Å². The number of hydrogen-bond acceptors (Lipinski definition) is 7. The number of anilines is 1. The first-order valence-electron chi connectivity index (χ1n) is 12.2. The highest BCUT2D eigenvalue weighted by atomic mass is 32.2. The average molecular weight is 511 g/mol. The Morgan fingerprint density at radius 2 is 1.92 bits per heavy atom. The van der Waals surface area contributed by atoms with E-state index >= 15 is 0 Å². The highest BCUT2D eigenvalue weighted by Crippen LogP contribution is 2.32. The number of benzene rings is 2. The Bertz CT molecular complexity index is 1140. The van der Waals surface area contributed by atoms with Gasteiger partial charge < -0.3 is 20.1 Å². The fraction of sp³-hybridized carbons (Fsp3) is 0.444. The molecule has 2 heterocycles. The van der Waals surface area contributed by atoms with Gasteiger partial charge in [0, 0.05) is 36.0 Å². The maximum atomic E-state index is 12.6. The van der Waals surface area contributed by atoms with Gasteiger partial charge in [-0.15, -0.1) is 0 Å². The molecule has 9 heteroatoms. The highest BCUT2D eigenvalue weighted by molar-refractivity contribution is 8.14. The van der Waals surface area contributed by atoms with Gasteiger partial charge in [0.1, 0.15) is 0 Å². The number of rotatable bonds is 9. The van der Waals surface area contributed by atoms with Gasteiger partial charge in [-0.05, 0) is 62.1 Å². The van der Waals surface area contributed by atoms with Gasteiger partial charge in [-0.25, -0.2) is 5.01 Å². The summed E-state index contributed by atoms with van der Waals surface area (Å²) in [4.78, 5) is 26.4. The molecule has 2 amide bonds. The van der Waals surface area contributed by atoms with Crippen LogP contribution in [0.4, 0.5) is 10.5 Å². The molecule has 1 saturated heterocycles. The zero-order chi connectivity index (χ0) is 25.8. The fourth-order valence-corrected chi connectivity index (χ4v) is 5.25. The molecule has 36 heavy (non-hydrogen) atoms. The SMILES string of the molecule is COc1ccc(C2=NN(Cc3ccc(N4CCC(C(C)C(N)=O)C4)cc3)C(=O)SC2)cc1OC(C)C. The average Bonchev–Trinajstić information content (AvgIpc) is 3.35. The van der Waals surface area contributed by atoms with Crippen LogP contribution in [0, 0.1) is 11.8 Å². The van der Waals surface area contributed by atoms with E-state index in [0.29, 0.717) is 23.8 Å². The van der Waals surface area contributed by atoms with Gasteiger partial charge in [0.15, 0.2) is 11.5 Å². The number of carbonyl (C=O) groups excluding carboxylic acids is 2. The quantitative estimate of drug-likeness (QED) is 0.533. The summed E-state index contributed by atoms with van der Waals surface area (Å²) >= 11 is 1.25. The summed E-state index contributed by atoms with van der Waals surface area (Å²) in [7, 11) is 1.62. The molecule has 0 radical (unpaired) electrons. The largest absolute Gasteiger partial charge is 0.493 e. The number of carbonyl (C=O) groups is 2. The van der Waals surface area contributed by atoms with Crippen LogP contribution in [-0.2, 0) is 11.3 Å². The Labute approximate surface area is 216 Å². The molecule has 0 aliphatic carbocycles. The molecule has 8 nitrogen and oxygen atoms in total. The minimum atomic E-state index is -0.237. The second kappa shape index (κ2) is 11.2. The third-order valence-corrected chi connectivity index (χ3v) is 7.53. The normalized spacial score (nSPS) is 18.9. The van der Waals surface area contributed by atoms with E-state index in [1.807, 2.05) is 51.1 Å². The van der Waals surface area contributed by atoms with E-state index in [4.69, 9.17) is 15.2 Å². The lowest BCUT2D eigenvalue weighted by Crippen LogP contribution is -2.30. The fourth-order valence-electron chi connectivity index (χ4n) is 4.51. The zero-order valence-corrected chi connectivity index (χ0v) is 22.1. The number of methoxy groups -OCH3 is 1. The van der Waals surface area contributed by atoms with Crippen LogP contribution in [0.1, 0.15) is 38.3 Å². The number of amides is 2. The minimum Gasteiger partial charge on any atom is -0.493 e. The summed E-state index contributed by atoms with van der Waals surface area (Å²) in [5.41, 5.74) is 9.32. The van der Waals surface area contributed by atoms with Crippen LogP contribution in [0.5, 0.6) is 11.5 Å². The van der Waals surface area contributed by atoms with E-state index in [2.05, 4.69) is 22.1 Å². The number of hydrogen-bond donors (Lipinski definition) is 1. The lowest BCUT2D eigenvalue weighted by atomic mass is 9.93. The molecule has 2 aromatic rings. The summed E-state index contributed by atoms with van der Waals surface area (Å²) in [5, 5.41) is 6.13. The topological polar surface area (TPSA) is 97.5 Å². The van der Waals surface area contributed by atoms with Crippen LogP contribution < -0.4 is 20.1 Å². The summed E-state index contributed by atoms with van der Waals surface area (Å²) in [6, 6.07) is 13.9. The second-order valence-corrected chi connectivity index (χ2v) is 10.5. The number of ether oxygens (including phenoxy) is 2. The number of thioether (sulfide) groups is 1. The number of hydrazone groups is 1. The molecule has 0 saturated carbocycles. The van der Waals surface area contributed by atoms with Crippen molar-refractivity contribution in [1.82, 2.24) is 5.01 Å². The third kappa shape index (κ3) is 5.95. The molecule has 4 rings (SSSR count). The van der Waals surface area contributed by atoms with E-state index in [9.17, 15) is 9.59 Å². The first-order valence-corrected chi connectivity index (χ1v) is 13.2. The van der Waals surface area contributed by atoms with E-state index < -0.39 is 0 Å². The Kier molecular flexibility index (Phi) is 8.08. The van der Waals surface area contributed by atoms with Crippen molar-refractivity contribution < 1.29 is 19.1 Å². The molecule has 1 fully saturated rings. The predicted octanol–water partition coefficient (Wildman–Crippen LogP) is 4.50. The highest BCUT2D eigenvalue weighted by Gasteiger charge is 2.30. The van der Waals surface area contributed by atoms with Gasteiger partial charge in [-0.3, -0.25) is 9.59 Å². The standard InChI is InChI=1S/C27H34N4O4S/c1-17(2)35-25-13-20(7-10-24(25)34-4)23-16-36-27(33)31(29-23)14-19-5-8-22(9-6-19)30-12-11-21(15-30)18(3)26(28)32/h5-10,13,17-18,21H,11-12,14-16H2,1-4H3,(H2,28,32). The first kappa shape index (κ1) is 25.9. The zero-order valence-electron chi connectivity index (χ0n) is 21.3.